The van der Waals surface area contributed by atoms with Crippen LogP contribution >= 0.6 is 7.26 Å². The Morgan fingerprint density at radius 1 is 0.423 bits per heavy atom. The normalized spacial score (nSPS) is 11.2. The van der Waals surface area contributed by atoms with Gasteiger partial charge in [-0.1, -0.05) is 84.9 Å². The summed E-state index contributed by atoms with van der Waals surface area (Å²) >= 11 is 0. The van der Waals surface area contributed by atoms with Gasteiger partial charge in [-0.3, -0.25) is 0 Å². The van der Waals surface area contributed by atoms with E-state index in [-0.39, 0.29) is 2.85 Å². The van der Waals surface area contributed by atoms with Gasteiger partial charge in [0.2, 0.25) is 0 Å². The first-order valence-electron chi connectivity index (χ1n) is 8.98. The van der Waals surface area contributed by atoms with Gasteiger partial charge in [-0.15, -0.1) is 0 Å². The summed E-state index contributed by atoms with van der Waals surface area (Å²) in [6, 6.07) is 44.0. The topological polar surface area (TPSA) is 0 Å². The molecule has 0 aromatic heterocycles. The average Bonchev–Trinajstić information content (AvgIpc) is 2.75. The van der Waals surface area contributed by atoms with Crippen LogP contribution in [-0.4, -0.2) is 0 Å². The summed E-state index contributed by atoms with van der Waals surface area (Å²) in [5.74, 6) is 0. The van der Waals surface area contributed by atoms with Crippen LogP contribution in [0.1, 0.15) is 8.42 Å². The summed E-state index contributed by atoms with van der Waals surface area (Å²) in [4.78, 5) is 0. The minimum atomic E-state index is -1.78. The molecule has 126 valence electrons. The zero-order valence-corrected chi connectivity index (χ0v) is 15.6. The molecule has 0 bridgehead atoms. The molecule has 0 heterocycles. The molecule has 0 saturated carbocycles. The van der Waals surface area contributed by atoms with Crippen molar-refractivity contribution in [1.29, 1.82) is 0 Å². The summed E-state index contributed by atoms with van der Waals surface area (Å²) in [6.07, 6.45) is 1.03. The molecule has 0 nitrogen and oxygen atoms in total. The van der Waals surface area contributed by atoms with E-state index >= 15 is 0 Å². The van der Waals surface area contributed by atoms with Crippen molar-refractivity contribution in [1.82, 2.24) is 0 Å². The molecule has 0 aliphatic carbocycles. The van der Waals surface area contributed by atoms with Crippen LogP contribution in [0, 0.1) is 0 Å². The number of benzene rings is 4. The highest BCUT2D eigenvalue weighted by atomic mass is 31.2. The quantitative estimate of drug-likeness (QED) is 0.420. The predicted molar refractivity (Wildman–Crippen MR) is 118 cm³/mol. The summed E-state index contributed by atoms with van der Waals surface area (Å²) in [6.45, 7) is 0. The zero-order valence-electron chi connectivity index (χ0n) is 16.7. The highest BCUT2D eigenvalue weighted by Crippen LogP contribution is 2.58. The third-order valence-corrected chi connectivity index (χ3v) is 9.23. The van der Waals surface area contributed by atoms with E-state index in [1.807, 2.05) is 0 Å². The van der Waals surface area contributed by atoms with E-state index in [1.165, 1.54) is 21.5 Å². The average molecular weight is 355 g/mol. The second-order valence-electron chi connectivity index (χ2n) is 6.46. The van der Waals surface area contributed by atoms with Crippen molar-refractivity contribution in [2.45, 2.75) is 6.16 Å². The van der Waals surface area contributed by atoms with Gasteiger partial charge in [0.15, 0.2) is 0 Å². The van der Waals surface area contributed by atoms with E-state index < -0.39 is 7.26 Å². The molecular formula is C25H24P+3. The van der Waals surface area contributed by atoms with Crippen molar-refractivity contribution < 1.29 is 2.85 Å². The smallest absolute Gasteiger partial charge is 0.0622 e. The minimum absolute atomic E-state index is 0. The molecule has 0 N–H and O–H groups in total. The Labute approximate surface area is 159 Å². The molecule has 4 rings (SSSR count). The standard InChI is InChI=1S/C25H22P/c1-5-13-22(14-6-1)21-26(23-15-7-2-8-16-23,24-17-9-3-10-18-24)25-19-11-4-12-20-25/h1-20H,21H2/q+1/p+2. The first-order chi connectivity index (χ1) is 12.9. The van der Waals surface area contributed by atoms with E-state index in [0.29, 0.717) is 0 Å². The van der Waals surface area contributed by atoms with Crippen molar-refractivity contribution >= 4 is 23.2 Å². The molecule has 26 heavy (non-hydrogen) atoms. The van der Waals surface area contributed by atoms with E-state index in [1.54, 1.807) is 0 Å². The minimum Gasteiger partial charge on any atom is -0.0622 e. The van der Waals surface area contributed by atoms with Crippen LogP contribution in [0.25, 0.3) is 0 Å². The van der Waals surface area contributed by atoms with Crippen LogP contribution in [-0.2, 0) is 6.16 Å². The van der Waals surface area contributed by atoms with E-state index in [2.05, 4.69) is 121 Å². The Kier molecular flexibility index (Phi) is 4.95. The van der Waals surface area contributed by atoms with Crippen LogP contribution in [0.4, 0.5) is 0 Å². The Hall–Kier alpha value is -2.69. The zero-order chi connectivity index (χ0) is 17.7. The Morgan fingerprint density at radius 3 is 1.08 bits per heavy atom. The first kappa shape index (κ1) is 16.8. The molecule has 0 atom stereocenters. The van der Waals surface area contributed by atoms with Crippen LogP contribution in [0.2, 0.25) is 0 Å². The van der Waals surface area contributed by atoms with Gasteiger partial charge in [-0.05, 0) is 42.0 Å². The lowest BCUT2D eigenvalue weighted by molar-refractivity contribution is 1.39. The van der Waals surface area contributed by atoms with Gasteiger partial charge in [-0.25, -0.2) is 0 Å². The molecule has 0 spiro atoms. The molecule has 0 fully saturated rings. The van der Waals surface area contributed by atoms with Crippen molar-refractivity contribution in [2.75, 3.05) is 0 Å². The largest absolute Gasteiger partial charge is 1.00 e. The lowest BCUT2D eigenvalue weighted by Crippen LogP contribution is -2.32. The molecule has 0 aliphatic rings. The Morgan fingerprint density at radius 2 is 0.731 bits per heavy atom. The van der Waals surface area contributed by atoms with Gasteiger partial charge in [0.05, 0.1) is 6.16 Å². The van der Waals surface area contributed by atoms with Gasteiger partial charge < -0.3 is 0 Å². The number of rotatable bonds is 5. The molecule has 0 aliphatic heterocycles. The fraction of sp³-hybridized carbons (Fsp3) is 0.0400. The number of hydrogen-bond donors (Lipinski definition) is 0. The predicted octanol–water partition coefficient (Wildman–Crippen LogP) is 5.41. The maximum Gasteiger partial charge on any atom is 1.00 e. The second-order valence-corrected chi connectivity index (χ2v) is 9.95. The highest BCUT2D eigenvalue weighted by molar-refractivity contribution is 7.95. The second kappa shape index (κ2) is 7.68. The van der Waals surface area contributed by atoms with Gasteiger partial charge >= 0.3 is 2.85 Å². The summed E-state index contributed by atoms with van der Waals surface area (Å²) < 4.78 is 0. The Balaban J connectivity index is 0.00000140. The van der Waals surface area contributed by atoms with E-state index in [0.717, 1.165) is 6.16 Å². The lowest BCUT2D eigenvalue weighted by Gasteiger charge is -2.27. The molecule has 0 unspecified atom stereocenters. The Bertz CT molecular complexity index is 846. The first-order valence-corrected chi connectivity index (χ1v) is 11.0. The third kappa shape index (κ3) is 3.21. The maximum absolute atomic E-state index is 2.30. The van der Waals surface area contributed by atoms with Gasteiger partial charge in [-0.2, -0.15) is 0 Å². The summed E-state index contributed by atoms with van der Waals surface area (Å²) in [5, 5.41) is 4.30. The highest BCUT2D eigenvalue weighted by Gasteiger charge is 2.45. The molecule has 4 aromatic carbocycles. The third-order valence-electron chi connectivity index (χ3n) is 4.85. The molecule has 0 radical (unpaired) electrons. The summed E-state index contributed by atoms with van der Waals surface area (Å²) in [7, 11) is -1.78. The van der Waals surface area contributed by atoms with Gasteiger partial charge in [0.1, 0.15) is 23.2 Å². The van der Waals surface area contributed by atoms with Crippen LogP contribution in [0.3, 0.4) is 0 Å². The number of hydrogen-bond acceptors (Lipinski definition) is 0. The monoisotopic (exact) mass is 355 g/mol. The molecular weight excluding hydrogens is 331 g/mol. The van der Waals surface area contributed by atoms with E-state index in [4.69, 9.17) is 0 Å². The van der Waals surface area contributed by atoms with E-state index in [9.17, 15) is 0 Å². The fourth-order valence-corrected chi connectivity index (χ4v) is 7.87. The van der Waals surface area contributed by atoms with Crippen molar-refractivity contribution in [2.24, 2.45) is 0 Å². The molecule has 4 aromatic rings. The van der Waals surface area contributed by atoms with Gasteiger partial charge in [0, 0.05) is 0 Å². The maximum atomic E-state index is 2.30. The SMILES string of the molecule is [H+].[H+].c1ccc(C[P+](c2ccccc2)(c2ccccc2)c2ccccc2)cc1. The van der Waals surface area contributed by atoms with Crippen molar-refractivity contribution in [3.05, 3.63) is 127 Å². The molecule has 0 amide bonds. The molecule has 1 heteroatoms. The van der Waals surface area contributed by atoms with Crippen LogP contribution < -0.4 is 15.9 Å². The van der Waals surface area contributed by atoms with Crippen molar-refractivity contribution in [3.63, 3.8) is 0 Å². The lowest BCUT2D eigenvalue weighted by atomic mass is 10.2. The fourth-order valence-electron chi connectivity index (χ4n) is 3.63. The van der Waals surface area contributed by atoms with Gasteiger partial charge in [0.25, 0.3) is 0 Å². The summed E-state index contributed by atoms with van der Waals surface area (Å²) in [5.41, 5.74) is 1.39. The molecule has 0 saturated heterocycles. The van der Waals surface area contributed by atoms with Crippen molar-refractivity contribution in [3.8, 4) is 0 Å². The van der Waals surface area contributed by atoms with Crippen LogP contribution in [0.15, 0.2) is 121 Å². The van der Waals surface area contributed by atoms with Crippen LogP contribution in [0.5, 0.6) is 0 Å².